The number of rotatable bonds is 0. The van der Waals surface area contributed by atoms with E-state index in [9.17, 15) is 0 Å². The summed E-state index contributed by atoms with van der Waals surface area (Å²) in [7, 11) is 0. The molecule has 0 fully saturated rings. The summed E-state index contributed by atoms with van der Waals surface area (Å²) in [6.45, 7) is 2.03. The van der Waals surface area contributed by atoms with Gasteiger partial charge in [-0.25, -0.2) is 4.98 Å². The molecule has 0 radical (unpaired) electrons. The number of pyridine rings is 1. The summed E-state index contributed by atoms with van der Waals surface area (Å²) in [4.78, 5) is 4.12. The maximum absolute atomic E-state index is 5.63. The number of aryl methyl sites for hydroxylation is 1. The number of anilines is 1. The highest BCUT2D eigenvalue weighted by Crippen LogP contribution is 2.09. The highest BCUT2D eigenvalue weighted by atomic mass is 35.5. The maximum Gasteiger partial charge on any atom is 0.138 e. The molecule has 0 aliphatic rings. The van der Waals surface area contributed by atoms with Crippen LogP contribution in [0.5, 0.6) is 0 Å². The second-order valence-corrected chi connectivity index (χ2v) is 2.62. The van der Waals surface area contributed by atoms with Crippen LogP contribution in [-0.2, 0) is 0 Å². The highest BCUT2D eigenvalue weighted by molar-refractivity contribution is 5.85. The molecule has 2 aromatic heterocycles. The van der Waals surface area contributed by atoms with Crippen molar-refractivity contribution < 1.29 is 0 Å². The Kier molecular flexibility index (Phi) is 2.24. The first-order chi connectivity index (χ1) is 5.27. The van der Waals surface area contributed by atoms with Gasteiger partial charge in [0.1, 0.15) is 11.5 Å². The molecule has 2 aromatic rings. The Morgan fingerprint density at radius 1 is 1.50 bits per heavy atom. The van der Waals surface area contributed by atoms with Gasteiger partial charge in [-0.2, -0.15) is 0 Å². The van der Waals surface area contributed by atoms with Crippen molar-refractivity contribution in [2.45, 2.75) is 6.92 Å². The van der Waals surface area contributed by atoms with E-state index in [-0.39, 0.29) is 12.4 Å². The molecular weight excluding hydrogens is 174 g/mol. The first-order valence-electron chi connectivity index (χ1n) is 3.46. The summed E-state index contributed by atoms with van der Waals surface area (Å²) in [5.41, 5.74) is 7.73. The smallest absolute Gasteiger partial charge is 0.138 e. The molecular formula is C8H10ClN3. The highest BCUT2D eigenvalue weighted by Gasteiger charge is 1.96. The van der Waals surface area contributed by atoms with Gasteiger partial charge in [0.15, 0.2) is 0 Å². The summed E-state index contributed by atoms with van der Waals surface area (Å²) in [5, 5.41) is 0. The second-order valence-electron chi connectivity index (χ2n) is 2.62. The Hall–Kier alpha value is -1.22. The Morgan fingerprint density at radius 2 is 2.25 bits per heavy atom. The molecule has 3 nitrogen and oxygen atoms in total. The number of aromatic nitrogens is 2. The number of hydrogen-bond donors (Lipinski definition) is 1. The first-order valence-corrected chi connectivity index (χ1v) is 3.46. The van der Waals surface area contributed by atoms with Gasteiger partial charge in [0, 0.05) is 6.20 Å². The van der Waals surface area contributed by atoms with E-state index in [1.807, 2.05) is 29.7 Å². The fourth-order valence-electron chi connectivity index (χ4n) is 1.10. The van der Waals surface area contributed by atoms with Gasteiger partial charge in [-0.1, -0.05) is 0 Å². The minimum absolute atomic E-state index is 0. The van der Waals surface area contributed by atoms with Gasteiger partial charge in [0.05, 0.1) is 6.20 Å². The minimum atomic E-state index is 0. The number of fused-ring (bicyclic) bond motifs is 1. The molecule has 4 heteroatoms. The SMILES string of the molecule is Cc1ccn2c(N)cnc2c1.Cl. The molecule has 2 heterocycles. The lowest BCUT2D eigenvalue weighted by Crippen LogP contribution is -1.91. The van der Waals surface area contributed by atoms with Gasteiger partial charge in [-0.05, 0) is 24.6 Å². The van der Waals surface area contributed by atoms with Crippen LogP contribution in [0.3, 0.4) is 0 Å². The van der Waals surface area contributed by atoms with Crippen molar-refractivity contribution in [2.75, 3.05) is 5.73 Å². The largest absolute Gasteiger partial charge is 0.383 e. The zero-order valence-corrected chi connectivity index (χ0v) is 7.51. The zero-order chi connectivity index (χ0) is 7.84. The Labute approximate surface area is 76.6 Å². The molecule has 0 saturated carbocycles. The third kappa shape index (κ3) is 1.23. The number of halogens is 1. The van der Waals surface area contributed by atoms with E-state index in [4.69, 9.17) is 5.73 Å². The van der Waals surface area contributed by atoms with Crippen LogP contribution in [0.2, 0.25) is 0 Å². The third-order valence-electron chi connectivity index (χ3n) is 1.70. The van der Waals surface area contributed by atoms with Crippen LogP contribution in [-0.4, -0.2) is 9.38 Å². The van der Waals surface area contributed by atoms with Crippen molar-refractivity contribution in [2.24, 2.45) is 0 Å². The molecule has 0 atom stereocenters. The predicted octanol–water partition coefficient (Wildman–Crippen LogP) is 1.65. The lowest BCUT2D eigenvalue weighted by Gasteiger charge is -1.95. The number of nitrogens with two attached hydrogens (primary N) is 1. The average molecular weight is 184 g/mol. The Morgan fingerprint density at radius 3 is 3.00 bits per heavy atom. The van der Waals surface area contributed by atoms with E-state index < -0.39 is 0 Å². The predicted molar refractivity (Wildman–Crippen MR) is 51.6 cm³/mol. The molecule has 0 aromatic carbocycles. The molecule has 0 spiro atoms. The van der Waals surface area contributed by atoms with Gasteiger partial charge in [-0.3, -0.25) is 4.40 Å². The van der Waals surface area contributed by atoms with Crippen molar-refractivity contribution in [1.29, 1.82) is 0 Å². The first kappa shape index (κ1) is 8.87. The summed E-state index contributed by atoms with van der Waals surface area (Å²) in [6, 6.07) is 4.00. The van der Waals surface area contributed by atoms with Crippen LogP contribution in [0.1, 0.15) is 5.56 Å². The van der Waals surface area contributed by atoms with Gasteiger partial charge >= 0.3 is 0 Å². The van der Waals surface area contributed by atoms with Crippen molar-refractivity contribution in [3.05, 3.63) is 30.1 Å². The molecule has 2 N–H and O–H groups in total. The zero-order valence-electron chi connectivity index (χ0n) is 6.69. The van der Waals surface area contributed by atoms with E-state index in [1.165, 1.54) is 5.56 Å². The molecule has 2 rings (SSSR count). The molecule has 12 heavy (non-hydrogen) atoms. The van der Waals surface area contributed by atoms with Crippen molar-refractivity contribution in [3.63, 3.8) is 0 Å². The lowest BCUT2D eigenvalue weighted by molar-refractivity contribution is 1.18. The molecule has 0 aliphatic heterocycles. The molecule has 0 unspecified atom stereocenters. The summed E-state index contributed by atoms with van der Waals surface area (Å²) >= 11 is 0. The number of hydrogen-bond acceptors (Lipinski definition) is 2. The fraction of sp³-hybridized carbons (Fsp3) is 0.125. The van der Waals surface area contributed by atoms with Gasteiger partial charge in [-0.15, -0.1) is 12.4 Å². The molecule has 0 bridgehead atoms. The quantitative estimate of drug-likeness (QED) is 0.675. The lowest BCUT2D eigenvalue weighted by atomic mass is 10.3. The molecule has 0 amide bonds. The summed E-state index contributed by atoms with van der Waals surface area (Å²) in [6.07, 6.45) is 3.59. The second kappa shape index (κ2) is 3.03. The van der Waals surface area contributed by atoms with Gasteiger partial charge < -0.3 is 5.73 Å². The van der Waals surface area contributed by atoms with Gasteiger partial charge in [0.25, 0.3) is 0 Å². The number of nitrogens with zero attached hydrogens (tertiary/aromatic N) is 2. The molecule has 0 aliphatic carbocycles. The number of nitrogen functional groups attached to an aromatic ring is 1. The number of imidazole rings is 1. The van der Waals surface area contributed by atoms with E-state index in [0.717, 1.165) is 5.65 Å². The van der Waals surface area contributed by atoms with E-state index in [2.05, 4.69) is 4.98 Å². The molecule has 0 saturated heterocycles. The van der Waals surface area contributed by atoms with Crippen molar-refractivity contribution in [1.82, 2.24) is 9.38 Å². The van der Waals surface area contributed by atoms with Crippen LogP contribution in [0.25, 0.3) is 5.65 Å². The average Bonchev–Trinajstić information content (AvgIpc) is 2.32. The topological polar surface area (TPSA) is 43.3 Å². The monoisotopic (exact) mass is 183 g/mol. The third-order valence-corrected chi connectivity index (χ3v) is 1.70. The van der Waals surface area contributed by atoms with E-state index in [1.54, 1.807) is 6.20 Å². The van der Waals surface area contributed by atoms with Crippen molar-refractivity contribution >= 4 is 23.9 Å². The summed E-state index contributed by atoms with van der Waals surface area (Å²) in [5.74, 6) is 0.681. The fourth-order valence-corrected chi connectivity index (χ4v) is 1.10. The van der Waals surface area contributed by atoms with Gasteiger partial charge in [0.2, 0.25) is 0 Å². The normalized spacial score (nSPS) is 9.75. The Balaban J connectivity index is 0.000000720. The summed E-state index contributed by atoms with van der Waals surface area (Å²) < 4.78 is 1.85. The van der Waals surface area contributed by atoms with E-state index in [0.29, 0.717) is 5.82 Å². The molecule has 64 valence electrons. The van der Waals surface area contributed by atoms with E-state index >= 15 is 0 Å². The van der Waals surface area contributed by atoms with Crippen LogP contribution < -0.4 is 5.73 Å². The Bertz CT molecular complexity index is 394. The maximum atomic E-state index is 5.63. The van der Waals surface area contributed by atoms with Crippen LogP contribution in [0.15, 0.2) is 24.5 Å². The van der Waals surface area contributed by atoms with Crippen LogP contribution in [0.4, 0.5) is 5.82 Å². The minimum Gasteiger partial charge on any atom is -0.383 e. The standard InChI is InChI=1S/C8H9N3.ClH/c1-6-2-3-11-7(9)5-10-8(11)4-6;/h2-5H,9H2,1H3;1H. The van der Waals surface area contributed by atoms with Crippen LogP contribution >= 0.6 is 12.4 Å². The van der Waals surface area contributed by atoms with Crippen molar-refractivity contribution in [3.8, 4) is 0 Å². The van der Waals surface area contributed by atoms with Crippen LogP contribution in [0, 0.1) is 6.92 Å².